The quantitative estimate of drug-likeness (QED) is 0.494. The first-order valence-corrected chi connectivity index (χ1v) is 4.69. The van der Waals surface area contributed by atoms with Gasteiger partial charge in [0.2, 0.25) is 0 Å². The highest BCUT2D eigenvalue weighted by Gasteiger charge is 2.06. The average Bonchev–Trinajstić information content (AvgIpc) is 2.05. The van der Waals surface area contributed by atoms with E-state index in [0.29, 0.717) is 19.0 Å². The lowest BCUT2D eigenvalue weighted by atomic mass is 10.3. The van der Waals surface area contributed by atoms with Gasteiger partial charge in [-0.2, -0.15) is 0 Å². The van der Waals surface area contributed by atoms with Crippen LogP contribution in [0.25, 0.3) is 0 Å². The molecule has 0 aliphatic rings. The molecule has 0 saturated carbocycles. The van der Waals surface area contributed by atoms with E-state index in [0.717, 1.165) is 12.8 Å². The van der Waals surface area contributed by atoms with Gasteiger partial charge in [-0.3, -0.25) is 0 Å². The fraction of sp³-hybridized carbons (Fsp3) is 0.875. The smallest absolute Gasteiger partial charge is 0.409 e. The van der Waals surface area contributed by atoms with Crippen LogP contribution in [0.4, 0.5) is 4.79 Å². The second-order valence-electron chi connectivity index (χ2n) is 2.52. The van der Waals surface area contributed by atoms with Gasteiger partial charge < -0.3 is 9.64 Å². The molecule has 0 radical (unpaired) electrons. The van der Waals surface area contributed by atoms with Crippen molar-refractivity contribution in [1.29, 1.82) is 0 Å². The molecule has 0 spiro atoms. The summed E-state index contributed by atoms with van der Waals surface area (Å²) in [5, 5.41) is 0. The van der Waals surface area contributed by atoms with Gasteiger partial charge in [-0.05, 0) is 19.8 Å². The van der Waals surface area contributed by atoms with Gasteiger partial charge in [0.05, 0.1) is 6.61 Å². The number of unbranched alkanes of at least 4 members (excludes halogenated alkanes) is 1. The van der Waals surface area contributed by atoms with Crippen molar-refractivity contribution in [3.05, 3.63) is 0 Å². The molecule has 0 aromatic carbocycles. The Morgan fingerprint density at radius 2 is 2.17 bits per heavy atom. The van der Waals surface area contributed by atoms with Crippen LogP contribution in [0.1, 0.15) is 19.8 Å². The zero-order valence-corrected chi connectivity index (χ0v) is 8.43. The third kappa shape index (κ3) is 5.24. The summed E-state index contributed by atoms with van der Waals surface area (Å²) in [6.07, 6.45) is 1.61. The Kier molecular flexibility index (Phi) is 6.96. The minimum atomic E-state index is -0.257. The minimum absolute atomic E-state index is 0.257. The van der Waals surface area contributed by atoms with E-state index in [1.54, 1.807) is 18.9 Å². The Hall–Kier alpha value is -0.440. The number of hydrogen-bond acceptors (Lipinski definition) is 2. The monoisotopic (exact) mass is 193 g/mol. The molecule has 0 bridgehead atoms. The molecule has 0 fully saturated rings. The molecule has 0 aromatic heterocycles. The van der Waals surface area contributed by atoms with E-state index in [1.165, 1.54) is 0 Å². The summed E-state index contributed by atoms with van der Waals surface area (Å²) in [5.41, 5.74) is 0. The van der Waals surface area contributed by atoms with Crippen LogP contribution in [0.5, 0.6) is 0 Å². The SMILES string of the molecule is CCOC(=O)N(C)CCCCCl. The predicted octanol–water partition coefficient (Wildman–Crippen LogP) is 2.09. The van der Waals surface area contributed by atoms with Crippen molar-refractivity contribution in [2.24, 2.45) is 0 Å². The number of nitrogens with zero attached hydrogens (tertiary/aromatic N) is 1. The maximum Gasteiger partial charge on any atom is 0.409 e. The van der Waals surface area contributed by atoms with E-state index < -0.39 is 0 Å². The molecule has 0 rings (SSSR count). The van der Waals surface area contributed by atoms with E-state index in [2.05, 4.69) is 0 Å². The number of hydrogen-bond donors (Lipinski definition) is 0. The van der Waals surface area contributed by atoms with E-state index >= 15 is 0 Å². The molecule has 0 aromatic rings. The molecule has 4 heteroatoms. The molecular formula is C8H16ClNO2. The first kappa shape index (κ1) is 11.6. The van der Waals surface area contributed by atoms with Crippen molar-refractivity contribution in [3.63, 3.8) is 0 Å². The Balaban J connectivity index is 3.42. The zero-order valence-electron chi connectivity index (χ0n) is 7.68. The number of halogens is 1. The largest absolute Gasteiger partial charge is 0.450 e. The molecule has 0 aliphatic carbocycles. The number of carbonyl (C=O) groups excluding carboxylic acids is 1. The Morgan fingerprint density at radius 1 is 1.50 bits per heavy atom. The van der Waals surface area contributed by atoms with Gasteiger partial charge in [0.1, 0.15) is 0 Å². The summed E-state index contributed by atoms with van der Waals surface area (Å²) in [6.45, 7) is 2.94. The summed E-state index contributed by atoms with van der Waals surface area (Å²) in [6, 6.07) is 0. The number of carbonyl (C=O) groups is 1. The van der Waals surface area contributed by atoms with Gasteiger partial charge in [0.15, 0.2) is 0 Å². The molecule has 0 aliphatic heterocycles. The van der Waals surface area contributed by atoms with Crippen LogP contribution < -0.4 is 0 Å². The maximum absolute atomic E-state index is 11.0. The fourth-order valence-corrected chi connectivity index (χ4v) is 0.957. The van der Waals surface area contributed by atoms with Crippen molar-refractivity contribution < 1.29 is 9.53 Å². The second-order valence-corrected chi connectivity index (χ2v) is 2.89. The summed E-state index contributed by atoms with van der Waals surface area (Å²) in [7, 11) is 1.73. The third-order valence-electron chi connectivity index (χ3n) is 1.46. The van der Waals surface area contributed by atoms with E-state index in [-0.39, 0.29) is 6.09 Å². The first-order chi connectivity index (χ1) is 5.72. The van der Waals surface area contributed by atoms with Crippen molar-refractivity contribution in [1.82, 2.24) is 4.90 Å². The van der Waals surface area contributed by atoms with Crippen LogP contribution in [0.2, 0.25) is 0 Å². The summed E-state index contributed by atoms with van der Waals surface area (Å²) in [4.78, 5) is 12.6. The first-order valence-electron chi connectivity index (χ1n) is 4.16. The summed E-state index contributed by atoms with van der Waals surface area (Å²) in [5.74, 6) is 0.649. The Morgan fingerprint density at radius 3 is 2.67 bits per heavy atom. The van der Waals surface area contributed by atoms with E-state index in [1.807, 2.05) is 0 Å². The van der Waals surface area contributed by atoms with Crippen LogP contribution >= 0.6 is 11.6 Å². The molecular weight excluding hydrogens is 178 g/mol. The zero-order chi connectivity index (χ0) is 9.40. The highest BCUT2D eigenvalue weighted by Crippen LogP contribution is 1.96. The minimum Gasteiger partial charge on any atom is -0.450 e. The summed E-state index contributed by atoms with van der Waals surface area (Å²) >= 11 is 5.49. The lowest BCUT2D eigenvalue weighted by Crippen LogP contribution is -2.28. The molecule has 12 heavy (non-hydrogen) atoms. The topological polar surface area (TPSA) is 29.5 Å². The van der Waals surface area contributed by atoms with Crippen LogP contribution in [0, 0.1) is 0 Å². The number of alkyl halides is 1. The number of ether oxygens (including phenoxy) is 1. The Bertz CT molecular complexity index is 130. The number of amides is 1. The van der Waals surface area contributed by atoms with Crippen LogP contribution in [-0.2, 0) is 4.74 Å². The standard InChI is InChI=1S/C8H16ClNO2/c1-3-12-8(11)10(2)7-5-4-6-9/h3-7H2,1-2H3. The molecule has 0 atom stereocenters. The van der Waals surface area contributed by atoms with Crippen LogP contribution in [-0.4, -0.2) is 37.1 Å². The van der Waals surface area contributed by atoms with Crippen molar-refractivity contribution in [2.45, 2.75) is 19.8 Å². The highest BCUT2D eigenvalue weighted by molar-refractivity contribution is 6.17. The van der Waals surface area contributed by atoms with Crippen molar-refractivity contribution in [2.75, 3.05) is 26.1 Å². The van der Waals surface area contributed by atoms with Crippen molar-refractivity contribution in [3.8, 4) is 0 Å². The lowest BCUT2D eigenvalue weighted by Gasteiger charge is -2.15. The highest BCUT2D eigenvalue weighted by atomic mass is 35.5. The molecule has 1 amide bonds. The van der Waals surface area contributed by atoms with Gasteiger partial charge in [-0.25, -0.2) is 4.79 Å². The van der Waals surface area contributed by atoms with E-state index in [4.69, 9.17) is 16.3 Å². The molecule has 0 N–H and O–H groups in total. The number of rotatable bonds is 5. The molecule has 0 heterocycles. The average molecular weight is 194 g/mol. The fourth-order valence-electron chi connectivity index (χ4n) is 0.768. The summed E-state index contributed by atoms with van der Waals surface area (Å²) < 4.78 is 4.79. The third-order valence-corrected chi connectivity index (χ3v) is 1.72. The van der Waals surface area contributed by atoms with Gasteiger partial charge in [0, 0.05) is 19.5 Å². The Labute approximate surface area is 78.6 Å². The lowest BCUT2D eigenvalue weighted by molar-refractivity contribution is 0.116. The van der Waals surface area contributed by atoms with E-state index in [9.17, 15) is 4.79 Å². The molecule has 72 valence electrons. The van der Waals surface area contributed by atoms with Crippen molar-refractivity contribution >= 4 is 17.7 Å². The normalized spacial score (nSPS) is 9.58. The van der Waals surface area contributed by atoms with Gasteiger partial charge >= 0.3 is 6.09 Å². The molecule has 3 nitrogen and oxygen atoms in total. The van der Waals surface area contributed by atoms with Gasteiger partial charge in [-0.1, -0.05) is 0 Å². The van der Waals surface area contributed by atoms with Gasteiger partial charge in [0.25, 0.3) is 0 Å². The van der Waals surface area contributed by atoms with Crippen LogP contribution in [0.15, 0.2) is 0 Å². The van der Waals surface area contributed by atoms with Crippen LogP contribution in [0.3, 0.4) is 0 Å². The molecule has 0 unspecified atom stereocenters. The predicted molar refractivity (Wildman–Crippen MR) is 49.6 cm³/mol. The molecule has 0 saturated heterocycles. The maximum atomic E-state index is 11.0. The second kappa shape index (κ2) is 7.22. The van der Waals surface area contributed by atoms with Gasteiger partial charge in [-0.15, -0.1) is 11.6 Å².